The van der Waals surface area contributed by atoms with Gasteiger partial charge in [0.1, 0.15) is 34.4 Å². The van der Waals surface area contributed by atoms with Crippen molar-refractivity contribution in [3.63, 3.8) is 0 Å². The molecule has 0 aromatic heterocycles. The second-order valence-electron chi connectivity index (χ2n) is 4.52. The molecular formula is C13H21Cl4O5PS2. The van der Waals surface area contributed by atoms with Crippen molar-refractivity contribution in [3.05, 3.63) is 22.0 Å². The first-order valence-corrected chi connectivity index (χ1v) is 13.5. The Hall–Kier alpha value is 1.41. The van der Waals surface area contributed by atoms with Crippen molar-refractivity contribution >= 4 is 76.4 Å². The van der Waals surface area contributed by atoms with Gasteiger partial charge in [-0.3, -0.25) is 13.6 Å². The van der Waals surface area contributed by atoms with E-state index >= 15 is 0 Å². The molecular weight excluding hydrogens is 473 g/mol. The van der Waals surface area contributed by atoms with Crippen molar-refractivity contribution in [2.45, 2.75) is 23.5 Å². The summed E-state index contributed by atoms with van der Waals surface area (Å²) in [6.07, 6.45) is 2.73. The third kappa shape index (κ3) is 12.5. The lowest BCUT2D eigenvalue weighted by Crippen LogP contribution is -2.15. The molecule has 0 spiro atoms. The summed E-state index contributed by atoms with van der Waals surface area (Å²) < 4.78 is 46.7. The zero-order chi connectivity index (χ0) is 19.6. The van der Waals surface area contributed by atoms with Gasteiger partial charge in [0.15, 0.2) is 9.81 Å². The van der Waals surface area contributed by atoms with E-state index in [4.69, 9.17) is 55.5 Å². The first-order valence-electron chi connectivity index (χ1n) is 7.13. The Bertz CT molecular complexity index is 465. The van der Waals surface area contributed by atoms with Gasteiger partial charge in [0.25, 0.3) is 0 Å². The van der Waals surface area contributed by atoms with Crippen molar-refractivity contribution in [2.24, 2.45) is 0 Å². The predicted octanol–water partition coefficient (Wildman–Crippen LogP) is 4.75. The lowest BCUT2D eigenvalue weighted by atomic mass is 10.5. The van der Waals surface area contributed by atoms with Gasteiger partial charge in [-0.05, 0) is 36.2 Å². The molecule has 0 amide bonds. The van der Waals surface area contributed by atoms with Crippen LogP contribution in [0.2, 0.25) is 0 Å². The highest BCUT2D eigenvalue weighted by Gasteiger charge is 2.25. The van der Waals surface area contributed by atoms with Gasteiger partial charge in [-0.2, -0.15) is 0 Å². The van der Waals surface area contributed by atoms with Crippen LogP contribution >= 0.6 is 54.0 Å². The average molecular weight is 494 g/mol. The molecule has 0 aliphatic rings. The standard InChI is InChI=1S/C13H21Cl4O5PS2/c1-4-24(19)10(6-12(14)15)8-21-23(3,18)22-9-11(7-13(16)17)25(20)5-2/h6-7,12-13H,4-5,8-9H2,1-3H3. The van der Waals surface area contributed by atoms with E-state index in [-0.39, 0.29) is 13.2 Å². The van der Waals surface area contributed by atoms with Gasteiger partial charge in [-0.25, -0.2) is 0 Å². The molecule has 0 aromatic rings. The molecule has 0 N–H and O–H groups in total. The quantitative estimate of drug-likeness (QED) is 0.222. The van der Waals surface area contributed by atoms with Crippen molar-refractivity contribution in [1.82, 2.24) is 0 Å². The summed E-state index contributed by atoms with van der Waals surface area (Å²) in [5.74, 6) is 0.666. The highest BCUT2D eigenvalue weighted by Crippen LogP contribution is 2.45. The lowest BCUT2D eigenvalue weighted by molar-refractivity contribution is 0.239. The fourth-order valence-electron chi connectivity index (χ4n) is 1.43. The molecule has 0 aromatic carbocycles. The summed E-state index contributed by atoms with van der Waals surface area (Å²) in [4.78, 5) is -1.09. The maximum atomic E-state index is 12.4. The summed E-state index contributed by atoms with van der Waals surface area (Å²) in [6, 6.07) is 0. The largest absolute Gasteiger partial charge is 0.612 e. The molecule has 0 fully saturated rings. The molecule has 0 rings (SSSR count). The molecule has 0 bridgehead atoms. The fourth-order valence-corrected chi connectivity index (χ4v) is 5.03. The Morgan fingerprint density at radius 2 is 1.28 bits per heavy atom. The van der Waals surface area contributed by atoms with Crippen LogP contribution in [0.15, 0.2) is 22.0 Å². The third-order valence-corrected chi connectivity index (χ3v) is 7.04. The topological polar surface area (TPSA) is 81.7 Å². The SMILES string of the molecule is CC[S+]([O-])C(=CC(Cl)Cl)COP(C)(=O)OCC(=CC(Cl)Cl)[S+]([O-])CC. The molecule has 0 saturated carbocycles. The third-order valence-electron chi connectivity index (χ3n) is 2.62. The number of alkyl halides is 4. The molecule has 148 valence electrons. The van der Waals surface area contributed by atoms with Crippen molar-refractivity contribution < 1.29 is 22.7 Å². The number of hydrogen-bond acceptors (Lipinski definition) is 5. The van der Waals surface area contributed by atoms with Crippen LogP contribution in [0, 0.1) is 0 Å². The first kappa shape index (κ1) is 26.4. The van der Waals surface area contributed by atoms with Crippen LogP contribution in [0.4, 0.5) is 0 Å². The Kier molecular flexibility index (Phi) is 14.3. The minimum atomic E-state index is -3.51. The Labute approximate surface area is 175 Å². The van der Waals surface area contributed by atoms with Crippen LogP contribution in [0.5, 0.6) is 0 Å². The zero-order valence-corrected chi connectivity index (χ0v) is 19.5. The molecule has 0 heterocycles. The van der Waals surface area contributed by atoms with Crippen LogP contribution < -0.4 is 0 Å². The van der Waals surface area contributed by atoms with Crippen LogP contribution in [-0.2, 0) is 36.0 Å². The van der Waals surface area contributed by atoms with Gasteiger partial charge in [-0.15, -0.1) is 46.4 Å². The second kappa shape index (κ2) is 13.6. The monoisotopic (exact) mass is 492 g/mol. The summed E-state index contributed by atoms with van der Waals surface area (Å²) >= 11 is 19.9. The van der Waals surface area contributed by atoms with Gasteiger partial charge in [0.2, 0.25) is 0 Å². The Morgan fingerprint density at radius 3 is 1.52 bits per heavy atom. The van der Waals surface area contributed by atoms with Crippen molar-refractivity contribution in [3.8, 4) is 0 Å². The molecule has 0 saturated heterocycles. The molecule has 0 aliphatic carbocycles. The smallest absolute Gasteiger partial charge is 0.328 e. The van der Waals surface area contributed by atoms with Crippen molar-refractivity contribution in [2.75, 3.05) is 31.4 Å². The average Bonchev–Trinajstić information content (AvgIpc) is 2.53. The summed E-state index contributed by atoms with van der Waals surface area (Å²) in [6.45, 7) is 4.26. The van der Waals surface area contributed by atoms with Crippen LogP contribution in [0.1, 0.15) is 13.8 Å². The van der Waals surface area contributed by atoms with Gasteiger partial charge >= 0.3 is 7.60 Å². The van der Waals surface area contributed by atoms with Crippen molar-refractivity contribution in [1.29, 1.82) is 0 Å². The van der Waals surface area contributed by atoms with Crippen LogP contribution in [0.25, 0.3) is 0 Å². The predicted molar refractivity (Wildman–Crippen MR) is 110 cm³/mol. The maximum absolute atomic E-state index is 12.4. The molecule has 2 atom stereocenters. The van der Waals surface area contributed by atoms with Gasteiger partial charge < -0.3 is 9.11 Å². The summed E-state index contributed by atoms with van der Waals surface area (Å²) in [5, 5.41) is 0. The molecule has 2 unspecified atom stereocenters. The molecule has 12 heteroatoms. The van der Waals surface area contributed by atoms with Gasteiger partial charge in [-0.1, -0.05) is 0 Å². The Morgan fingerprint density at radius 1 is 0.960 bits per heavy atom. The van der Waals surface area contributed by atoms with E-state index in [0.29, 0.717) is 21.3 Å². The summed E-state index contributed by atoms with van der Waals surface area (Å²) in [7, 11) is -3.51. The first-order chi connectivity index (χ1) is 11.5. The maximum Gasteiger partial charge on any atom is 0.328 e. The number of allylic oxidation sites excluding steroid dienone is 2. The molecule has 0 aliphatic heterocycles. The minimum absolute atomic E-state index is 0.215. The highest BCUT2D eigenvalue weighted by molar-refractivity contribution is 7.95. The van der Waals surface area contributed by atoms with E-state index < -0.39 is 39.6 Å². The van der Waals surface area contributed by atoms with Crippen LogP contribution in [-0.4, -0.2) is 50.2 Å². The van der Waals surface area contributed by atoms with E-state index in [1.165, 1.54) is 18.8 Å². The molecule has 0 radical (unpaired) electrons. The van der Waals surface area contributed by atoms with Crippen LogP contribution in [0.3, 0.4) is 0 Å². The lowest BCUT2D eigenvalue weighted by Gasteiger charge is -2.18. The minimum Gasteiger partial charge on any atom is -0.612 e. The van der Waals surface area contributed by atoms with E-state index in [9.17, 15) is 13.7 Å². The van der Waals surface area contributed by atoms with Gasteiger partial charge in [0.05, 0.1) is 0 Å². The molecule has 25 heavy (non-hydrogen) atoms. The highest BCUT2D eigenvalue weighted by atomic mass is 35.5. The number of hydrogen-bond donors (Lipinski definition) is 0. The molecule has 5 nitrogen and oxygen atoms in total. The van der Waals surface area contributed by atoms with Gasteiger partial charge in [0, 0.05) is 18.8 Å². The van der Waals surface area contributed by atoms with E-state index in [0.717, 1.165) is 0 Å². The summed E-state index contributed by atoms with van der Waals surface area (Å²) in [5.41, 5.74) is 0. The van der Waals surface area contributed by atoms with E-state index in [1.807, 2.05) is 0 Å². The number of rotatable bonds is 12. The second-order valence-corrected chi connectivity index (χ2v) is 12.5. The normalized spacial score (nSPS) is 18.5. The Balaban J connectivity index is 4.88. The number of halogens is 4. The fraction of sp³-hybridized carbons (Fsp3) is 0.692. The van der Waals surface area contributed by atoms with E-state index in [2.05, 4.69) is 0 Å². The zero-order valence-electron chi connectivity index (χ0n) is 14.0. The van der Waals surface area contributed by atoms with E-state index in [1.54, 1.807) is 13.8 Å².